The van der Waals surface area contributed by atoms with Crippen LogP contribution in [0.5, 0.6) is 0 Å². The molecule has 172 valence electrons. The van der Waals surface area contributed by atoms with Crippen molar-refractivity contribution in [3.05, 3.63) is 64.3 Å². The molecule has 0 aliphatic carbocycles. The third kappa shape index (κ3) is 4.67. The van der Waals surface area contributed by atoms with Crippen LogP contribution in [0.2, 0.25) is 0 Å². The van der Waals surface area contributed by atoms with Crippen LogP contribution in [0.4, 0.5) is 0 Å². The average Bonchev–Trinajstić information content (AvgIpc) is 3.21. The van der Waals surface area contributed by atoms with E-state index in [9.17, 15) is 0 Å². The van der Waals surface area contributed by atoms with Crippen LogP contribution < -0.4 is 0 Å². The minimum absolute atomic E-state index is 0.416. The van der Waals surface area contributed by atoms with E-state index in [4.69, 9.17) is 5.10 Å². The summed E-state index contributed by atoms with van der Waals surface area (Å²) in [4.78, 5) is 0. The van der Waals surface area contributed by atoms with E-state index in [1.807, 2.05) is 4.68 Å². The van der Waals surface area contributed by atoms with Gasteiger partial charge in [-0.05, 0) is 57.4 Å². The molecule has 0 unspecified atom stereocenters. The normalized spacial score (nSPS) is 12.2. The van der Waals surface area contributed by atoms with Gasteiger partial charge in [0.1, 0.15) is 5.69 Å². The first-order chi connectivity index (χ1) is 15.0. The lowest BCUT2D eigenvalue weighted by Crippen LogP contribution is -2.07. The Bertz CT molecular complexity index is 1010. The van der Waals surface area contributed by atoms with E-state index in [2.05, 4.69) is 111 Å². The third-order valence-electron chi connectivity index (χ3n) is 6.45. The molecule has 3 heteroatoms. The lowest BCUT2D eigenvalue weighted by atomic mass is 9.83. The van der Waals surface area contributed by atoms with Gasteiger partial charge < -0.3 is 0 Å². The van der Waals surface area contributed by atoms with Crippen molar-refractivity contribution in [1.82, 2.24) is 15.0 Å². The predicted octanol–water partition coefficient (Wildman–Crippen LogP) is 8.55. The Hall–Kier alpha value is -2.42. The van der Waals surface area contributed by atoms with Gasteiger partial charge in [-0.2, -0.15) is 0 Å². The Morgan fingerprint density at radius 3 is 1.50 bits per heavy atom. The number of rotatable bonds is 7. The quantitative estimate of drug-likeness (QED) is 0.375. The highest BCUT2D eigenvalue weighted by molar-refractivity contribution is 5.70. The largest absolute Gasteiger partial charge is 0.220 e. The van der Waals surface area contributed by atoms with Crippen molar-refractivity contribution in [3.63, 3.8) is 0 Å². The van der Waals surface area contributed by atoms with Crippen LogP contribution in [0.15, 0.2) is 36.5 Å². The van der Waals surface area contributed by atoms with Gasteiger partial charge in [-0.1, -0.05) is 105 Å². The molecule has 0 saturated heterocycles. The number of hydrogen-bond donors (Lipinski definition) is 0. The monoisotopic (exact) mass is 431 g/mol. The Morgan fingerprint density at radius 2 is 1.09 bits per heavy atom. The molecule has 3 aromatic rings. The Balaban J connectivity index is 2.27. The van der Waals surface area contributed by atoms with E-state index < -0.39 is 0 Å². The zero-order valence-corrected chi connectivity index (χ0v) is 21.7. The fourth-order valence-corrected chi connectivity index (χ4v) is 4.52. The topological polar surface area (TPSA) is 30.7 Å². The zero-order chi connectivity index (χ0) is 23.7. The Morgan fingerprint density at radius 1 is 0.625 bits per heavy atom. The van der Waals surface area contributed by atoms with Crippen LogP contribution in [0.25, 0.3) is 16.9 Å². The molecule has 0 saturated carbocycles. The lowest BCUT2D eigenvalue weighted by Gasteiger charge is -2.22. The molecule has 0 aliphatic rings. The summed E-state index contributed by atoms with van der Waals surface area (Å²) >= 11 is 0. The highest BCUT2D eigenvalue weighted by Crippen LogP contribution is 2.39. The standard InChI is InChI=1S/C29H41N3/c1-17(2)22-14-25(20(7)8)28(26(15-22)21(9)10)27-16-32(31-30-27)29-23(18(3)4)12-11-13-24(29)19(5)6/h11-21H,1-10H3. The molecule has 1 aromatic heterocycles. The first kappa shape index (κ1) is 24.2. The molecule has 0 spiro atoms. The first-order valence-electron chi connectivity index (χ1n) is 12.3. The van der Waals surface area contributed by atoms with E-state index in [-0.39, 0.29) is 0 Å². The second kappa shape index (κ2) is 9.60. The van der Waals surface area contributed by atoms with Crippen LogP contribution in [-0.2, 0) is 0 Å². The van der Waals surface area contributed by atoms with Crippen LogP contribution in [0.1, 0.15) is 127 Å². The van der Waals surface area contributed by atoms with E-state index in [1.54, 1.807) is 0 Å². The molecule has 2 aromatic carbocycles. The molecule has 0 atom stereocenters. The van der Waals surface area contributed by atoms with Crippen molar-refractivity contribution < 1.29 is 0 Å². The molecule has 1 heterocycles. The molecule has 0 fully saturated rings. The number of benzene rings is 2. The molecule has 0 N–H and O–H groups in total. The zero-order valence-electron chi connectivity index (χ0n) is 21.7. The summed E-state index contributed by atoms with van der Waals surface area (Å²) in [5, 5.41) is 9.41. The summed E-state index contributed by atoms with van der Waals surface area (Å²) in [6.45, 7) is 22.7. The van der Waals surface area contributed by atoms with Gasteiger partial charge in [0.25, 0.3) is 0 Å². The van der Waals surface area contributed by atoms with E-state index >= 15 is 0 Å². The summed E-state index contributed by atoms with van der Waals surface area (Å²) in [5.41, 5.74) is 10.2. The van der Waals surface area contributed by atoms with E-state index in [0.29, 0.717) is 29.6 Å². The smallest absolute Gasteiger partial charge is 0.114 e. The van der Waals surface area contributed by atoms with E-state index in [1.165, 1.54) is 39.1 Å². The number of nitrogens with zero attached hydrogens (tertiary/aromatic N) is 3. The summed E-state index contributed by atoms with van der Waals surface area (Å²) in [6.07, 6.45) is 2.15. The molecule has 3 nitrogen and oxygen atoms in total. The van der Waals surface area contributed by atoms with Crippen molar-refractivity contribution in [1.29, 1.82) is 0 Å². The second-order valence-electron chi connectivity index (χ2n) is 10.7. The molecule has 0 aliphatic heterocycles. The minimum atomic E-state index is 0.416. The number of para-hydroxylation sites is 1. The molecule has 3 rings (SSSR count). The molecule has 32 heavy (non-hydrogen) atoms. The minimum Gasteiger partial charge on any atom is -0.220 e. The van der Waals surface area contributed by atoms with Crippen LogP contribution in [-0.4, -0.2) is 15.0 Å². The summed E-state index contributed by atoms with van der Waals surface area (Å²) in [6, 6.07) is 11.4. The molecule has 0 amide bonds. The van der Waals surface area contributed by atoms with Crippen molar-refractivity contribution in [2.45, 2.75) is 98.8 Å². The fraction of sp³-hybridized carbons (Fsp3) is 0.517. The maximum absolute atomic E-state index is 4.74. The van der Waals surface area contributed by atoms with Crippen LogP contribution in [0.3, 0.4) is 0 Å². The fourth-order valence-electron chi connectivity index (χ4n) is 4.52. The van der Waals surface area contributed by atoms with Crippen molar-refractivity contribution in [2.24, 2.45) is 0 Å². The molecule has 0 bridgehead atoms. The van der Waals surface area contributed by atoms with Gasteiger partial charge in [0.15, 0.2) is 0 Å². The first-order valence-corrected chi connectivity index (χ1v) is 12.3. The highest BCUT2D eigenvalue weighted by Gasteiger charge is 2.22. The summed E-state index contributed by atoms with van der Waals surface area (Å²) in [7, 11) is 0. The Kier molecular flexibility index (Phi) is 7.27. The Labute approximate surface area is 195 Å². The predicted molar refractivity (Wildman–Crippen MR) is 137 cm³/mol. The van der Waals surface area contributed by atoms with Gasteiger partial charge in [-0.25, -0.2) is 4.68 Å². The molecular formula is C29H41N3. The molecular weight excluding hydrogens is 390 g/mol. The van der Waals surface area contributed by atoms with Crippen molar-refractivity contribution in [2.75, 3.05) is 0 Å². The average molecular weight is 432 g/mol. The van der Waals surface area contributed by atoms with Gasteiger partial charge in [0.2, 0.25) is 0 Å². The maximum atomic E-state index is 4.74. The third-order valence-corrected chi connectivity index (χ3v) is 6.45. The lowest BCUT2D eigenvalue weighted by molar-refractivity contribution is 0.742. The van der Waals surface area contributed by atoms with Crippen LogP contribution >= 0.6 is 0 Å². The highest BCUT2D eigenvalue weighted by atomic mass is 15.4. The summed E-state index contributed by atoms with van der Waals surface area (Å²) in [5.74, 6) is 2.17. The molecule has 0 radical (unpaired) electrons. The SMILES string of the molecule is CC(C)c1cc(C(C)C)c(-c2cn(-c3c(C(C)C)cccc3C(C)C)nn2)c(C(C)C)c1. The van der Waals surface area contributed by atoms with Gasteiger partial charge in [0.05, 0.1) is 11.9 Å². The van der Waals surface area contributed by atoms with Gasteiger partial charge >= 0.3 is 0 Å². The van der Waals surface area contributed by atoms with Gasteiger partial charge in [-0.15, -0.1) is 5.10 Å². The second-order valence-corrected chi connectivity index (χ2v) is 10.7. The van der Waals surface area contributed by atoms with Crippen molar-refractivity contribution >= 4 is 0 Å². The number of hydrogen-bond acceptors (Lipinski definition) is 2. The maximum Gasteiger partial charge on any atom is 0.114 e. The van der Waals surface area contributed by atoms with Crippen LogP contribution in [0, 0.1) is 0 Å². The van der Waals surface area contributed by atoms with E-state index in [0.717, 1.165) is 5.69 Å². The van der Waals surface area contributed by atoms with Gasteiger partial charge in [0, 0.05) is 5.56 Å². The number of aromatic nitrogens is 3. The summed E-state index contributed by atoms with van der Waals surface area (Å²) < 4.78 is 2.02. The van der Waals surface area contributed by atoms with Gasteiger partial charge in [-0.3, -0.25) is 0 Å². The van der Waals surface area contributed by atoms with Crippen molar-refractivity contribution in [3.8, 4) is 16.9 Å².